The van der Waals surface area contributed by atoms with Gasteiger partial charge in [0.15, 0.2) is 23.0 Å². The number of benzene rings is 3. The van der Waals surface area contributed by atoms with Crippen molar-refractivity contribution in [1.82, 2.24) is 0 Å². The monoisotopic (exact) mass is 602 g/mol. The van der Waals surface area contributed by atoms with E-state index < -0.39 is 0 Å². The third-order valence-corrected chi connectivity index (χ3v) is 7.74. The fourth-order valence-electron chi connectivity index (χ4n) is 4.74. The Morgan fingerprint density at radius 2 is 1.02 bits per heavy atom. The average Bonchev–Trinajstić information content (AvgIpc) is 3.06. The van der Waals surface area contributed by atoms with E-state index >= 15 is 0 Å². The molecule has 0 saturated carbocycles. The summed E-state index contributed by atoms with van der Waals surface area (Å²) in [6.07, 6.45) is 13.8. The second-order valence-electron chi connectivity index (χ2n) is 10.9. The molecule has 0 heterocycles. The van der Waals surface area contributed by atoms with Crippen molar-refractivity contribution in [3.8, 4) is 34.5 Å². The van der Waals surface area contributed by atoms with Gasteiger partial charge >= 0.3 is 0 Å². The van der Waals surface area contributed by atoms with E-state index in [2.05, 4.69) is 63.3 Å². The quantitative estimate of drug-likeness (QED) is 0.135. The van der Waals surface area contributed by atoms with Gasteiger partial charge in [-0.15, -0.1) is 0 Å². The van der Waals surface area contributed by atoms with E-state index in [1.165, 1.54) is 12.8 Å². The number of rotatable bonds is 18. The Hall–Kier alpha value is -4.06. The number of hydrogen-bond acceptors (Lipinski definition) is 6. The van der Waals surface area contributed by atoms with Gasteiger partial charge in [0.2, 0.25) is 11.5 Å². The molecule has 6 nitrogen and oxygen atoms in total. The molecule has 0 aliphatic carbocycles. The van der Waals surface area contributed by atoms with Gasteiger partial charge in [0.1, 0.15) is 0 Å². The minimum atomic E-state index is 0.0583. The molecular weight excluding hydrogens is 552 g/mol. The van der Waals surface area contributed by atoms with Crippen molar-refractivity contribution in [3.63, 3.8) is 0 Å². The van der Waals surface area contributed by atoms with E-state index in [1.807, 2.05) is 37.3 Å². The Labute approximate surface area is 264 Å². The zero-order valence-corrected chi connectivity index (χ0v) is 27.8. The zero-order valence-electron chi connectivity index (χ0n) is 27.8. The minimum Gasteiger partial charge on any atom is -0.493 e. The normalized spacial score (nSPS) is 12.7. The number of hydrogen-bond donors (Lipinski definition) is 0. The molecule has 2 atom stereocenters. The summed E-state index contributed by atoms with van der Waals surface area (Å²) in [7, 11) is 6.61. The van der Waals surface area contributed by atoms with Crippen molar-refractivity contribution in [2.24, 2.45) is 5.92 Å². The summed E-state index contributed by atoms with van der Waals surface area (Å²) >= 11 is 0. The van der Waals surface area contributed by atoms with Crippen LogP contribution < -0.4 is 28.4 Å². The van der Waals surface area contributed by atoms with E-state index in [9.17, 15) is 0 Å². The van der Waals surface area contributed by atoms with Gasteiger partial charge in [0.05, 0.1) is 41.2 Å². The highest BCUT2D eigenvalue weighted by Crippen LogP contribution is 2.41. The first kappa shape index (κ1) is 34.4. The van der Waals surface area contributed by atoms with Crippen LogP contribution in [0.1, 0.15) is 82.1 Å². The summed E-state index contributed by atoms with van der Waals surface area (Å²) in [5.74, 6) is 4.44. The molecular formula is C38H50O6. The highest BCUT2D eigenvalue weighted by atomic mass is 16.5. The highest BCUT2D eigenvalue weighted by molar-refractivity contribution is 5.75. The molecule has 6 heteroatoms. The van der Waals surface area contributed by atoms with Crippen LogP contribution in [0.4, 0.5) is 0 Å². The van der Waals surface area contributed by atoms with E-state index in [0.717, 1.165) is 41.5 Å². The van der Waals surface area contributed by atoms with Crippen molar-refractivity contribution in [2.45, 2.75) is 65.9 Å². The molecule has 0 aliphatic heterocycles. The van der Waals surface area contributed by atoms with Crippen LogP contribution in [0.25, 0.3) is 24.3 Å². The van der Waals surface area contributed by atoms with Gasteiger partial charge < -0.3 is 28.4 Å². The third kappa shape index (κ3) is 9.73. The van der Waals surface area contributed by atoms with Gasteiger partial charge in [-0.1, -0.05) is 88.6 Å². The van der Waals surface area contributed by atoms with Gasteiger partial charge in [0, 0.05) is 0 Å². The van der Waals surface area contributed by atoms with E-state index in [1.54, 1.807) is 28.4 Å². The van der Waals surface area contributed by atoms with E-state index in [0.29, 0.717) is 47.0 Å². The molecule has 0 amide bonds. The van der Waals surface area contributed by atoms with Gasteiger partial charge in [-0.2, -0.15) is 0 Å². The van der Waals surface area contributed by atoms with Crippen molar-refractivity contribution >= 4 is 24.3 Å². The fraction of sp³-hybridized carbons (Fsp3) is 0.421. The van der Waals surface area contributed by atoms with Gasteiger partial charge in [-0.25, -0.2) is 0 Å². The molecule has 238 valence electrons. The summed E-state index contributed by atoms with van der Waals surface area (Å²) in [6, 6.07) is 16.3. The molecule has 3 aromatic rings. The first-order valence-electron chi connectivity index (χ1n) is 15.7. The third-order valence-electron chi connectivity index (χ3n) is 7.74. The van der Waals surface area contributed by atoms with Crippen LogP contribution in [0, 0.1) is 5.92 Å². The maximum Gasteiger partial charge on any atom is 0.203 e. The van der Waals surface area contributed by atoms with E-state index in [4.69, 9.17) is 28.4 Å². The van der Waals surface area contributed by atoms with Gasteiger partial charge in [0.25, 0.3) is 0 Å². The van der Waals surface area contributed by atoms with Crippen LogP contribution in [0.15, 0.2) is 48.5 Å². The maximum atomic E-state index is 6.24. The van der Waals surface area contributed by atoms with Crippen LogP contribution >= 0.6 is 0 Å². The highest BCUT2D eigenvalue weighted by Gasteiger charge is 2.17. The Kier molecular flexibility index (Phi) is 14.0. The lowest BCUT2D eigenvalue weighted by atomic mass is 10.0. The molecule has 3 aromatic carbocycles. The average molecular weight is 603 g/mol. The predicted molar refractivity (Wildman–Crippen MR) is 183 cm³/mol. The second-order valence-corrected chi connectivity index (χ2v) is 10.9. The molecule has 2 unspecified atom stereocenters. The largest absolute Gasteiger partial charge is 0.493 e. The lowest BCUT2D eigenvalue weighted by molar-refractivity contribution is 0.198. The molecule has 0 saturated heterocycles. The van der Waals surface area contributed by atoms with Crippen LogP contribution in [0.5, 0.6) is 34.5 Å². The molecule has 0 aromatic heterocycles. The molecule has 0 aliphatic rings. The van der Waals surface area contributed by atoms with Crippen LogP contribution in [0.2, 0.25) is 0 Å². The Bertz CT molecular complexity index is 1310. The molecule has 0 spiro atoms. The standard InChI is InChI=1S/C38H50O6/c1-9-12-13-28(11-3)26-43-37-33(39-5)22-31(23-34(37)40-6)20-18-29-14-16-30(17-15-29)19-21-32-24-35(41-7)38(36(25-32)42-8)44-27(4)10-2/h14-25,27-28H,9-13,26H2,1-8H3/b20-18+,21-19+. The number of methoxy groups -OCH3 is 4. The van der Waals surface area contributed by atoms with Crippen molar-refractivity contribution in [1.29, 1.82) is 0 Å². The number of ether oxygens (including phenoxy) is 6. The molecule has 0 fully saturated rings. The van der Waals surface area contributed by atoms with Gasteiger partial charge in [-0.3, -0.25) is 0 Å². The fourth-order valence-corrected chi connectivity index (χ4v) is 4.74. The maximum absolute atomic E-state index is 6.24. The van der Waals surface area contributed by atoms with Crippen LogP contribution in [-0.4, -0.2) is 41.2 Å². The van der Waals surface area contributed by atoms with Crippen molar-refractivity contribution < 1.29 is 28.4 Å². The Balaban J connectivity index is 1.73. The lowest BCUT2D eigenvalue weighted by Crippen LogP contribution is -2.12. The van der Waals surface area contributed by atoms with Crippen LogP contribution in [0.3, 0.4) is 0 Å². The molecule has 0 radical (unpaired) electrons. The summed E-state index contributed by atoms with van der Waals surface area (Å²) in [4.78, 5) is 0. The Morgan fingerprint density at radius 1 is 0.591 bits per heavy atom. The number of unbranched alkanes of at least 4 members (excludes halogenated alkanes) is 1. The van der Waals surface area contributed by atoms with Crippen molar-refractivity contribution in [2.75, 3.05) is 35.0 Å². The molecule has 0 bridgehead atoms. The van der Waals surface area contributed by atoms with Crippen molar-refractivity contribution in [3.05, 3.63) is 70.8 Å². The first-order valence-corrected chi connectivity index (χ1v) is 15.7. The van der Waals surface area contributed by atoms with Crippen LogP contribution in [-0.2, 0) is 0 Å². The second kappa shape index (κ2) is 17.9. The predicted octanol–water partition coefficient (Wildman–Crippen LogP) is 9.83. The lowest BCUT2D eigenvalue weighted by Gasteiger charge is -2.19. The molecule has 0 N–H and O–H groups in total. The zero-order chi connectivity index (χ0) is 31.9. The first-order chi connectivity index (χ1) is 21.4. The minimum absolute atomic E-state index is 0.0583. The Morgan fingerprint density at radius 3 is 1.41 bits per heavy atom. The molecule has 3 rings (SSSR count). The SMILES string of the molecule is CCCCC(CC)COc1c(OC)cc(/C=C/c2ccc(/C=C/c3cc(OC)c(OC(C)CC)c(OC)c3)cc2)cc1OC. The summed E-state index contributed by atoms with van der Waals surface area (Å²) < 4.78 is 34.9. The summed E-state index contributed by atoms with van der Waals surface area (Å²) in [6.45, 7) is 9.20. The topological polar surface area (TPSA) is 55.4 Å². The molecule has 44 heavy (non-hydrogen) atoms. The summed E-state index contributed by atoms with van der Waals surface area (Å²) in [5.41, 5.74) is 4.09. The van der Waals surface area contributed by atoms with E-state index in [-0.39, 0.29) is 6.10 Å². The van der Waals surface area contributed by atoms with Gasteiger partial charge in [-0.05, 0) is 72.2 Å². The smallest absolute Gasteiger partial charge is 0.203 e. The summed E-state index contributed by atoms with van der Waals surface area (Å²) in [5, 5.41) is 0.